The van der Waals surface area contributed by atoms with Crippen LogP contribution in [0.4, 0.5) is 4.79 Å². The largest absolute Gasteiger partial charge is 0.444 e. The zero-order valence-corrected chi connectivity index (χ0v) is 12.9. The topological polar surface area (TPSA) is 68.8 Å². The van der Waals surface area contributed by atoms with Crippen LogP contribution in [-0.4, -0.2) is 51.3 Å². The number of carbonyl (C=O) groups is 1. The molecule has 0 bridgehead atoms. The summed E-state index contributed by atoms with van der Waals surface area (Å²) in [6.07, 6.45) is 0.203. The Morgan fingerprint density at radius 1 is 1.16 bits per heavy atom. The van der Waals surface area contributed by atoms with Crippen molar-refractivity contribution in [1.82, 2.24) is 10.6 Å². The molecule has 0 aromatic carbocycles. The predicted octanol–water partition coefficient (Wildman–Crippen LogP) is 1.50. The molecular formula is C13H28N2O4. The van der Waals surface area contributed by atoms with Crippen molar-refractivity contribution in [2.24, 2.45) is 0 Å². The smallest absolute Gasteiger partial charge is 0.407 e. The third-order valence-electron chi connectivity index (χ3n) is 2.48. The molecule has 0 aromatic rings. The van der Waals surface area contributed by atoms with Crippen LogP contribution in [0.5, 0.6) is 0 Å². The van der Waals surface area contributed by atoms with Crippen molar-refractivity contribution >= 4 is 6.09 Å². The highest BCUT2D eigenvalue weighted by molar-refractivity contribution is 5.67. The van der Waals surface area contributed by atoms with E-state index in [1.54, 1.807) is 14.2 Å². The van der Waals surface area contributed by atoms with E-state index in [2.05, 4.69) is 10.6 Å². The van der Waals surface area contributed by atoms with Gasteiger partial charge in [0.25, 0.3) is 0 Å². The molecule has 0 saturated heterocycles. The lowest BCUT2D eigenvalue weighted by Gasteiger charge is -2.23. The second-order valence-electron chi connectivity index (χ2n) is 5.30. The van der Waals surface area contributed by atoms with Gasteiger partial charge in [-0.1, -0.05) is 6.92 Å². The highest BCUT2D eigenvalue weighted by Gasteiger charge is 2.17. The Kier molecular flexibility index (Phi) is 8.71. The maximum atomic E-state index is 11.5. The number of ether oxygens (including phenoxy) is 3. The monoisotopic (exact) mass is 276 g/mol. The van der Waals surface area contributed by atoms with Crippen LogP contribution in [-0.2, 0) is 14.2 Å². The van der Waals surface area contributed by atoms with Gasteiger partial charge in [0, 0.05) is 33.4 Å². The van der Waals surface area contributed by atoms with Crippen molar-refractivity contribution in [3.8, 4) is 0 Å². The van der Waals surface area contributed by atoms with Gasteiger partial charge in [-0.15, -0.1) is 0 Å². The van der Waals surface area contributed by atoms with Gasteiger partial charge in [-0.25, -0.2) is 4.79 Å². The third-order valence-corrected chi connectivity index (χ3v) is 2.48. The van der Waals surface area contributed by atoms with Crippen molar-refractivity contribution in [2.75, 3.05) is 27.3 Å². The molecule has 0 radical (unpaired) electrons. The Morgan fingerprint density at radius 2 is 1.74 bits per heavy atom. The van der Waals surface area contributed by atoms with Gasteiger partial charge in [0.2, 0.25) is 0 Å². The molecule has 1 unspecified atom stereocenters. The molecule has 6 heteroatoms. The molecule has 0 aliphatic heterocycles. The van der Waals surface area contributed by atoms with Crippen LogP contribution in [0.15, 0.2) is 0 Å². The summed E-state index contributed by atoms with van der Waals surface area (Å²) in [7, 11) is 3.19. The zero-order chi connectivity index (χ0) is 14.9. The van der Waals surface area contributed by atoms with E-state index in [0.717, 1.165) is 6.42 Å². The van der Waals surface area contributed by atoms with E-state index in [-0.39, 0.29) is 12.3 Å². The average Bonchev–Trinajstić information content (AvgIpc) is 2.31. The van der Waals surface area contributed by atoms with Crippen molar-refractivity contribution in [3.05, 3.63) is 0 Å². The van der Waals surface area contributed by atoms with Crippen molar-refractivity contribution < 1.29 is 19.0 Å². The number of nitrogens with one attached hydrogen (secondary N) is 2. The third kappa shape index (κ3) is 9.69. The molecule has 0 aliphatic carbocycles. The summed E-state index contributed by atoms with van der Waals surface area (Å²) in [4.78, 5) is 11.5. The first kappa shape index (κ1) is 18.1. The van der Waals surface area contributed by atoms with E-state index in [1.165, 1.54) is 0 Å². The number of alkyl carbamates (subject to hydrolysis) is 1. The fourth-order valence-electron chi connectivity index (χ4n) is 1.41. The molecule has 0 saturated carbocycles. The quantitative estimate of drug-likeness (QED) is 0.658. The first-order chi connectivity index (χ1) is 8.82. The second kappa shape index (κ2) is 9.12. The minimum Gasteiger partial charge on any atom is -0.444 e. The van der Waals surface area contributed by atoms with E-state index in [1.807, 2.05) is 27.7 Å². The van der Waals surface area contributed by atoms with Crippen molar-refractivity contribution in [3.63, 3.8) is 0 Å². The van der Waals surface area contributed by atoms with E-state index < -0.39 is 11.7 Å². The number of hydrogen-bond donors (Lipinski definition) is 2. The van der Waals surface area contributed by atoms with Gasteiger partial charge in [0.05, 0.1) is 0 Å². The lowest BCUT2D eigenvalue weighted by Crippen LogP contribution is -2.45. The molecule has 0 spiro atoms. The van der Waals surface area contributed by atoms with Gasteiger partial charge in [-0.05, 0) is 27.2 Å². The molecule has 0 heterocycles. The maximum absolute atomic E-state index is 11.5. The Hall–Kier alpha value is -0.850. The molecular weight excluding hydrogens is 248 g/mol. The van der Waals surface area contributed by atoms with Gasteiger partial charge in [-0.2, -0.15) is 0 Å². The van der Waals surface area contributed by atoms with Gasteiger partial charge in [0.1, 0.15) is 5.60 Å². The summed E-state index contributed by atoms with van der Waals surface area (Å²) < 4.78 is 15.4. The van der Waals surface area contributed by atoms with Gasteiger partial charge in [-0.3, -0.25) is 0 Å². The number of carbonyl (C=O) groups excluding carboxylic acids is 1. The summed E-state index contributed by atoms with van der Waals surface area (Å²) in [6.45, 7) is 8.63. The zero-order valence-electron chi connectivity index (χ0n) is 12.9. The summed E-state index contributed by atoms with van der Waals surface area (Å²) in [5.74, 6) is 0. The summed E-state index contributed by atoms with van der Waals surface area (Å²) in [5, 5.41) is 6.01. The summed E-state index contributed by atoms with van der Waals surface area (Å²) in [6, 6.07) is 0.153. The normalized spacial score (nSPS) is 13.4. The molecule has 0 fully saturated rings. The first-order valence-electron chi connectivity index (χ1n) is 6.58. The summed E-state index contributed by atoms with van der Waals surface area (Å²) >= 11 is 0. The lowest BCUT2D eigenvalue weighted by molar-refractivity contribution is -0.0998. The number of methoxy groups -OCH3 is 2. The summed E-state index contributed by atoms with van der Waals surface area (Å²) in [5.41, 5.74) is -0.476. The number of rotatable bonds is 8. The predicted molar refractivity (Wildman–Crippen MR) is 74.1 cm³/mol. The molecule has 0 aliphatic rings. The van der Waals surface area contributed by atoms with E-state index in [0.29, 0.717) is 13.1 Å². The lowest BCUT2D eigenvalue weighted by atomic mass is 10.2. The van der Waals surface area contributed by atoms with E-state index in [4.69, 9.17) is 14.2 Å². The van der Waals surface area contributed by atoms with E-state index in [9.17, 15) is 4.79 Å². The molecule has 1 atom stereocenters. The Balaban J connectivity index is 3.96. The molecule has 0 rings (SSSR count). The molecule has 0 aromatic heterocycles. The van der Waals surface area contributed by atoms with Crippen LogP contribution < -0.4 is 10.6 Å². The average molecular weight is 276 g/mol. The highest BCUT2D eigenvalue weighted by atomic mass is 16.7. The van der Waals surface area contributed by atoms with Crippen molar-refractivity contribution in [1.29, 1.82) is 0 Å². The molecule has 19 heavy (non-hydrogen) atoms. The van der Waals surface area contributed by atoms with Crippen LogP contribution in [0.1, 0.15) is 34.1 Å². The highest BCUT2D eigenvalue weighted by Crippen LogP contribution is 2.06. The van der Waals surface area contributed by atoms with Crippen LogP contribution in [0.2, 0.25) is 0 Å². The minimum absolute atomic E-state index is 0.153. The Bertz CT molecular complexity index is 250. The fourth-order valence-corrected chi connectivity index (χ4v) is 1.41. The van der Waals surface area contributed by atoms with Gasteiger partial charge >= 0.3 is 6.09 Å². The molecule has 114 valence electrons. The van der Waals surface area contributed by atoms with Crippen LogP contribution in [0, 0.1) is 0 Å². The first-order valence-corrected chi connectivity index (χ1v) is 6.58. The molecule has 2 N–H and O–H groups in total. The van der Waals surface area contributed by atoms with Crippen LogP contribution in [0.25, 0.3) is 0 Å². The van der Waals surface area contributed by atoms with Gasteiger partial charge < -0.3 is 24.8 Å². The van der Waals surface area contributed by atoms with Gasteiger partial charge in [0.15, 0.2) is 6.29 Å². The Morgan fingerprint density at radius 3 is 2.16 bits per heavy atom. The van der Waals surface area contributed by atoms with Crippen molar-refractivity contribution in [2.45, 2.75) is 52.0 Å². The number of hydrogen-bond acceptors (Lipinski definition) is 5. The standard InChI is InChI=1S/C13H28N2O4/c1-7-10(14-9-11(17-5)18-6)8-15-12(16)19-13(2,3)4/h10-11,14H,7-9H2,1-6H3,(H,15,16). The van der Waals surface area contributed by atoms with Crippen LogP contribution in [0.3, 0.4) is 0 Å². The second-order valence-corrected chi connectivity index (χ2v) is 5.30. The minimum atomic E-state index is -0.476. The maximum Gasteiger partial charge on any atom is 0.407 e. The molecule has 1 amide bonds. The van der Waals surface area contributed by atoms with E-state index >= 15 is 0 Å². The fraction of sp³-hybridized carbons (Fsp3) is 0.923. The Labute approximate surface area is 116 Å². The van der Waals surface area contributed by atoms with Crippen LogP contribution >= 0.6 is 0 Å². The number of amides is 1. The molecule has 6 nitrogen and oxygen atoms in total. The SMILES string of the molecule is CCC(CNC(=O)OC(C)(C)C)NCC(OC)OC.